The molecule has 1 aliphatic rings. The number of amides is 1. The van der Waals surface area contributed by atoms with Crippen LogP contribution in [0.4, 0.5) is 4.79 Å². The summed E-state index contributed by atoms with van der Waals surface area (Å²) in [6.45, 7) is 7.31. The fourth-order valence-corrected chi connectivity index (χ4v) is 2.12. The van der Waals surface area contributed by atoms with Crippen LogP contribution in [0.25, 0.3) is 0 Å². The lowest BCUT2D eigenvalue weighted by atomic mass is 10.0. The van der Waals surface area contributed by atoms with Crippen LogP contribution in [-0.4, -0.2) is 41.3 Å². The fraction of sp³-hybridized carbons (Fsp3) is 0.867. The van der Waals surface area contributed by atoms with Gasteiger partial charge in [-0.05, 0) is 33.6 Å². The molecular formula is C15H28N2O4. The highest BCUT2D eigenvalue weighted by atomic mass is 16.6. The highest BCUT2D eigenvalue weighted by molar-refractivity contribution is 5.93. The molecule has 0 unspecified atom stereocenters. The van der Waals surface area contributed by atoms with Crippen molar-refractivity contribution in [1.29, 1.82) is 0 Å². The number of aliphatic hydroxyl groups is 1. The molecule has 0 aromatic heterocycles. The zero-order chi connectivity index (χ0) is 15.9. The third-order valence-corrected chi connectivity index (χ3v) is 3.16. The standard InChI is InChI=1S/C15H28N2O4/c1-5-6-7-8-11-9-12(17-21-11)13(10-18)16-14(19)20-15(2,3)4/h11,13,18H,5-10H2,1-4H3,(H,16,19)/t11-,13-/m0/s1. The minimum atomic E-state index is -0.569. The van der Waals surface area contributed by atoms with Gasteiger partial charge in [-0.15, -0.1) is 0 Å². The van der Waals surface area contributed by atoms with Gasteiger partial charge in [0.25, 0.3) is 0 Å². The summed E-state index contributed by atoms with van der Waals surface area (Å²) in [7, 11) is 0. The van der Waals surface area contributed by atoms with E-state index >= 15 is 0 Å². The van der Waals surface area contributed by atoms with E-state index < -0.39 is 17.7 Å². The number of nitrogens with zero attached hydrogens (tertiary/aromatic N) is 1. The lowest BCUT2D eigenvalue weighted by Gasteiger charge is -2.22. The van der Waals surface area contributed by atoms with Crippen molar-refractivity contribution in [3.63, 3.8) is 0 Å². The quantitative estimate of drug-likeness (QED) is 0.708. The van der Waals surface area contributed by atoms with Gasteiger partial charge in [0, 0.05) is 6.42 Å². The number of alkyl carbamates (subject to hydrolysis) is 1. The second-order valence-electron chi connectivity index (χ2n) is 6.39. The maximum Gasteiger partial charge on any atom is 0.408 e. The average Bonchev–Trinajstić information content (AvgIpc) is 2.83. The van der Waals surface area contributed by atoms with Crippen molar-refractivity contribution in [2.75, 3.05) is 6.61 Å². The maximum atomic E-state index is 11.7. The number of ether oxygens (including phenoxy) is 1. The van der Waals surface area contributed by atoms with Crippen LogP contribution in [0, 0.1) is 0 Å². The Balaban J connectivity index is 2.41. The Morgan fingerprint density at radius 2 is 2.24 bits per heavy atom. The van der Waals surface area contributed by atoms with Crippen LogP contribution in [0.1, 0.15) is 59.8 Å². The van der Waals surface area contributed by atoms with Crippen molar-refractivity contribution in [1.82, 2.24) is 5.32 Å². The largest absolute Gasteiger partial charge is 0.444 e. The van der Waals surface area contributed by atoms with E-state index in [1.807, 2.05) is 0 Å². The molecule has 122 valence electrons. The third kappa shape index (κ3) is 6.80. The van der Waals surface area contributed by atoms with Crippen molar-refractivity contribution >= 4 is 11.8 Å². The summed E-state index contributed by atoms with van der Waals surface area (Å²) >= 11 is 0. The van der Waals surface area contributed by atoms with Gasteiger partial charge in [-0.3, -0.25) is 0 Å². The zero-order valence-corrected chi connectivity index (χ0v) is 13.5. The Kier molecular flexibility index (Phi) is 6.95. The molecule has 0 bridgehead atoms. The Labute approximate surface area is 126 Å². The molecule has 1 rings (SSSR count). The first-order chi connectivity index (χ1) is 9.85. The molecule has 6 nitrogen and oxygen atoms in total. The van der Waals surface area contributed by atoms with E-state index in [-0.39, 0.29) is 12.7 Å². The molecular weight excluding hydrogens is 272 g/mol. The van der Waals surface area contributed by atoms with Crippen molar-refractivity contribution in [3.8, 4) is 0 Å². The molecule has 21 heavy (non-hydrogen) atoms. The summed E-state index contributed by atoms with van der Waals surface area (Å²) in [5.74, 6) is 0. The Morgan fingerprint density at radius 3 is 2.81 bits per heavy atom. The minimum Gasteiger partial charge on any atom is -0.444 e. The van der Waals surface area contributed by atoms with Gasteiger partial charge in [0.1, 0.15) is 11.7 Å². The number of aliphatic hydroxyl groups excluding tert-OH is 1. The number of unbranched alkanes of at least 4 members (excludes halogenated alkanes) is 2. The number of hydrogen-bond acceptors (Lipinski definition) is 5. The van der Waals surface area contributed by atoms with Crippen molar-refractivity contribution in [2.24, 2.45) is 5.16 Å². The van der Waals surface area contributed by atoms with Crippen LogP contribution in [0.15, 0.2) is 5.16 Å². The van der Waals surface area contributed by atoms with Crippen molar-refractivity contribution in [3.05, 3.63) is 0 Å². The highest BCUT2D eigenvalue weighted by Crippen LogP contribution is 2.19. The molecule has 0 saturated carbocycles. The molecule has 1 amide bonds. The SMILES string of the molecule is CCCCC[C@H]1CC([C@H](CO)NC(=O)OC(C)(C)C)=NO1. The number of carbonyl (C=O) groups excluding carboxylic acids is 1. The first kappa shape index (κ1) is 17.8. The molecule has 0 spiro atoms. The molecule has 2 atom stereocenters. The van der Waals surface area contributed by atoms with E-state index in [0.29, 0.717) is 12.1 Å². The molecule has 1 aliphatic heterocycles. The first-order valence-electron chi connectivity index (χ1n) is 7.68. The molecule has 0 saturated heterocycles. The Bertz CT molecular complexity index is 363. The summed E-state index contributed by atoms with van der Waals surface area (Å²) < 4.78 is 5.18. The smallest absolute Gasteiger partial charge is 0.408 e. The zero-order valence-electron chi connectivity index (χ0n) is 13.5. The number of oxime groups is 1. The highest BCUT2D eigenvalue weighted by Gasteiger charge is 2.29. The Hall–Kier alpha value is -1.30. The predicted octanol–water partition coefficient (Wildman–Crippen LogP) is 2.60. The summed E-state index contributed by atoms with van der Waals surface area (Å²) in [4.78, 5) is 17.1. The lowest BCUT2D eigenvalue weighted by molar-refractivity contribution is 0.0502. The van der Waals surface area contributed by atoms with E-state index in [2.05, 4.69) is 17.4 Å². The molecule has 1 heterocycles. The monoisotopic (exact) mass is 300 g/mol. The van der Waals surface area contributed by atoms with E-state index in [1.165, 1.54) is 12.8 Å². The van der Waals surface area contributed by atoms with Crippen molar-refractivity contribution < 1.29 is 19.5 Å². The van der Waals surface area contributed by atoms with E-state index in [4.69, 9.17) is 9.57 Å². The van der Waals surface area contributed by atoms with E-state index in [9.17, 15) is 9.90 Å². The van der Waals surface area contributed by atoms with Gasteiger partial charge in [0.15, 0.2) is 0 Å². The van der Waals surface area contributed by atoms with Crippen LogP contribution in [-0.2, 0) is 9.57 Å². The third-order valence-electron chi connectivity index (χ3n) is 3.16. The van der Waals surface area contributed by atoms with Crippen LogP contribution in [0.3, 0.4) is 0 Å². The van der Waals surface area contributed by atoms with Crippen LogP contribution >= 0.6 is 0 Å². The summed E-state index contributed by atoms with van der Waals surface area (Å²) in [5, 5.41) is 16.1. The molecule has 0 aliphatic carbocycles. The molecule has 6 heteroatoms. The van der Waals surface area contributed by atoms with Crippen LogP contribution < -0.4 is 5.32 Å². The van der Waals surface area contributed by atoms with Crippen LogP contribution in [0.2, 0.25) is 0 Å². The number of rotatable bonds is 7. The first-order valence-corrected chi connectivity index (χ1v) is 7.68. The van der Waals surface area contributed by atoms with Gasteiger partial charge in [-0.2, -0.15) is 0 Å². The lowest BCUT2D eigenvalue weighted by Crippen LogP contribution is -2.45. The average molecular weight is 300 g/mol. The van der Waals surface area contributed by atoms with Gasteiger partial charge >= 0.3 is 6.09 Å². The second-order valence-corrected chi connectivity index (χ2v) is 6.39. The maximum absolute atomic E-state index is 11.7. The number of carbonyl (C=O) groups is 1. The van der Waals surface area contributed by atoms with Gasteiger partial charge in [-0.1, -0.05) is 24.9 Å². The molecule has 2 N–H and O–H groups in total. The summed E-state index contributed by atoms with van der Waals surface area (Å²) in [6, 6.07) is -0.545. The second kappa shape index (κ2) is 8.22. The fourth-order valence-electron chi connectivity index (χ4n) is 2.12. The van der Waals surface area contributed by atoms with Gasteiger partial charge in [-0.25, -0.2) is 4.79 Å². The summed E-state index contributed by atoms with van der Waals surface area (Å²) in [5.41, 5.74) is 0.102. The van der Waals surface area contributed by atoms with Crippen molar-refractivity contribution in [2.45, 2.75) is 77.5 Å². The van der Waals surface area contributed by atoms with Gasteiger partial charge in [0.05, 0.1) is 18.4 Å². The topological polar surface area (TPSA) is 80.2 Å². The van der Waals surface area contributed by atoms with Crippen LogP contribution in [0.5, 0.6) is 0 Å². The normalized spacial score (nSPS) is 19.7. The molecule has 0 radical (unpaired) electrons. The van der Waals surface area contributed by atoms with E-state index in [1.54, 1.807) is 20.8 Å². The van der Waals surface area contributed by atoms with Gasteiger partial charge in [0.2, 0.25) is 0 Å². The minimum absolute atomic E-state index is 0.0565. The molecule has 0 aromatic carbocycles. The molecule has 0 fully saturated rings. The number of hydrogen-bond donors (Lipinski definition) is 2. The number of nitrogens with one attached hydrogen (secondary N) is 1. The van der Waals surface area contributed by atoms with E-state index in [0.717, 1.165) is 12.8 Å². The summed E-state index contributed by atoms with van der Waals surface area (Å²) in [6.07, 6.45) is 4.54. The Morgan fingerprint density at radius 1 is 1.52 bits per heavy atom. The predicted molar refractivity (Wildman–Crippen MR) is 81.3 cm³/mol. The van der Waals surface area contributed by atoms with Gasteiger partial charge < -0.3 is 20.0 Å². The molecule has 0 aromatic rings.